The third-order valence-electron chi connectivity index (χ3n) is 5.29. The maximum Gasteiger partial charge on any atom is 0.321 e. The zero-order valence-corrected chi connectivity index (χ0v) is 19.8. The van der Waals surface area contributed by atoms with E-state index in [9.17, 15) is 9.18 Å². The fourth-order valence-corrected chi connectivity index (χ4v) is 5.25. The second-order valence-corrected chi connectivity index (χ2v) is 9.41. The number of benzene rings is 2. The molecule has 1 aliphatic heterocycles. The van der Waals surface area contributed by atoms with Crippen LogP contribution in [0.5, 0.6) is 5.75 Å². The summed E-state index contributed by atoms with van der Waals surface area (Å²) in [6.07, 6.45) is 1.89. The van der Waals surface area contributed by atoms with E-state index in [0.717, 1.165) is 29.9 Å². The summed E-state index contributed by atoms with van der Waals surface area (Å²) in [5.74, 6) is 0.0144. The molecule has 3 aromatic rings. The second-order valence-electron chi connectivity index (χ2n) is 7.60. The summed E-state index contributed by atoms with van der Waals surface area (Å²) in [7, 11) is 0. The number of anilines is 1. The minimum Gasteiger partial charge on any atom is -0.486 e. The zero-order valence-electron chi connectivity index (χ0n) is 17.5. The van der Waals surface area contributed by atoms with Crippen molar-refractivity contribution in [3.05, 3.63) is 51.8 Å². The number of hydrogen-bond donors (Lipinski definition) is 2. The van der Waals surface area contributed by atoms with E-state index < -0.39 is 11.9 Å². The lowest BCUT2D eigenvalue weighted by molar-refractivity contribution is 0.227. The van der Waals surface area contributed by atoms with E-state index in [2.05, 4.69) is 20.5 Å². The molecule has 0 aliphatic carbocycles. The number of amides is 2. The number of nitrogens with zero attached hydrogens (tertiary/aromatic N) is 2. The number of thiazole rings is 1. The molecule has 170 valence electrons. The maximum atomic E-state index is 13.8. The van der Waals surface area contributed by atoms with E-state index in [1.54, 1.807) is 19.1 Å². The molecule has 6 nitrogen and oxygen atoms in total. The molecule has 1 saturated heterocycles. The highest BCUT2D eigenvalue weighted by Crippen LogP contribution is 2.36. The third kappa shape index (κ3) is 5.43. The number of carbonyl (C=O) groups is 1. The molecule has 2 aromatic carbocycles. The molecule has 1 aromatic heterocycles. The number of carbonyl (C=O) groups excluding carboxylic acids is 1. The van der Waals surface area contributed by atoms with Gasteiger partial charge >= 0.3 is 6.03 Å². The van der Waals surface area contributed by atoms with Crippen molar-refractivity contribution in [1.29, 1.82) is 0 Å². The molecule has 0 saturated carbocycles. The van der Waals surface area contributed by atoms with Crippen molar-refractivity contribution in [3.63, 3.8) is 0 Å². The predicted molar refractivity (Wildman–Crippen MR) is 128 cm³/mol. The average molecular weight is 497 g/mol. The van der Waals surface area contributed by atoms with Gasteiger partial charge in [-0.15, -0.1) is 0 Å². The largest absolute Gasteiger partial charge is 0.486 e. The number of halogens is 3. The van der Waals surface area contributed by atoms with E-state index in [1.165, 1.54) is 36.3 Å². The van der Waals surface area contributed by atoms with Crippen molar-refractivity contribution in [2.45, 2.75) is 25.9 Å². The minimum atomic E-state index is -0.560. The highest BCUT2D eigenvalue weighted by molar-refractivity contribution is 7.22. The van der Waals surface area contributed by atoms with Crippen molar-refractivity contribution in [1.82, 2.24) is 15.2 Å². The molecule has 4 rings (SSSR count). The van der Waals surface area contributed by atoms with Crippen molar-refractivity contribution < 1.29 is 13.9 Å². The number of nitrogens with one attached hydrogen (secondary N) is 2. The number of rotatable bonds is 7. The zero-order chi connectivity index (χ0) is 22.7. The van der Waals surface area contributed by atoms with Gasteiger partial charge in [-0.1, -0.05) is 34.5 Å². The number of aromatic nitrogens is 1. The van der Waals surface area contributed by atoms with Crippen LogP contribution in [-0.4, -0.2) is 42.1 Å². The number of hydrogen-bond acceptors (Lipinski definition) is 5. The summed E-state index contributed by atoms with van der Waals surface area (Å²) in [4.78, 5) is 19.0. The molecular formula is C22H23Cl2FN4O2S. The molecular weight excluding hydrogens is 474 g/mol. The number of urea groups is 1. The van der Waals surface area contributed by atoms with E-state index in [1.807, 2.05) is 6.07 Å². The quantitative estimate of drug-likeness (QED) is 0.387. The van der Waals surface area contributed by atoms with Crippen LogP contribution in [0.4, 0.5) is 14.3 Å². The topological polar surface area (TPSA) is 66.5 Å². The molecule has 1 fully saturated rings. The van der Waals surface area contributed by atoms with Crippen LogP contribution in [0.3, 0.4) is 0 Å². The molecule has 1 aliphatic rings. The van der Waals surface area contributed by atoms with Gasteiger partial charge in [0.1, 0.15) is 17.7 Å². The van der Waals surface area contributed by atoms with Gasteiger partial charge in [-0.25, -0.2) is 14.2 Å². The van der Waals surface area contributed by atoms with E-state index in [4.69, 9.17) is 27.9 Å². The van der Waals surface area contributed by atoms with E-state index in [0.29, 0.717) is 28.0 Å². The van der Waals surface area contributed by atoms with Crippen molar-refractivity contribution in [2.75, 3.05) is 31.5 Å². The summed E-state index contributed by atoms with van der Waals surface area (Å²) in [5.41, 5.74) is 1.13. The fraction of sp³-hybridized carbons (Fsp3) is 0.364. The third-order valence-corrected chi connectivity index (χ3v) is 6.94. The van der Waals surface area contributed by atoms with Crippen LogP contribution in [0.2, 0.25) is 10.0 Å². The Balaban J connectivity index is 1.38. The highest BCUT2D eigenvalue weighted by atomic mass is 35.5. The SMILES string of the molecule is CC(Oc1ccc2nc(NC(=O)NCCN3CCCC3)sc2c1)c1c(Cl)ccc(F)c1Cl. The standard InChI is InChI=1S/C22H23Cl2FN4O2S/c1-13(19-15(23)5-6-16(25)20(19)24)31-14-4-7-17-18(12-14)32-22(27-17)28-21(30)26-8-11-29-9-2-3-10-29/h4-7,12-13H,2-3,8-11H2,1H3,(H2,26,27,28,30). The lowest BCUT2D eigenvalue weighted by Gasteiger charge is -2.18. The Morgan fingerprint density at radius 2 is 2.06 bits per heavy atom. The van der Waals surface area contributed by atoms with Gasteiger partial charge in [0.25, 0.3) is 0 Å². The van der Waals surface area contributed by atoms with Crippen molar-refractivity contribution in [2.24, 2.45) is 0 Å². The molecule has 1 unspecified atom stereocenters. The normalized spacial score (nSPS) is 15.1. The van der Waals surface area contributed by atoms with Gasteiger partial charge in [-0.05, 0) is 63.2 Å². The van der Waals surface area contributed by atoms with Gasteiger partial charge in [-0.2, -0.15) is 0 Å². The Hall–Kier alpha value is -2.13. The Bertz CT molecular complexity index is 1120. The summed E-state index contributed by atoms with van der Waals surface area (Å²) >= 11 is 13.6. The molecule has 32 heavy (non-hydrogen) atoms. The smallest absolute Gasteiger partial charge is 0.321 e. The molecule has 2 amide bonds. The van der Waals surface area contributed by atoms with Crippen LogP contribution < -0.4 is 15.4 Å². The lowest BCUT2D eigenvalue weighted by atomic mass is 10.1. The average Bonchev–Trinajstić information content (AvgIpc) is 3.40. The first-order valence-electron chi connectivity index (χ1n) is 10.4. The van der Waals surface area contributed by atoms with Gasteiger partial charge in [-0.3, -0.25) is 5.32 Å². The minimum absolute atomic E-state index is 0.0499. The summed E-state index contributed by atoms with van der Waals surface area (Å²) in [6.45, 7) is 5.40. The summed E-state index contributed by atoms with van der Waals surface area (Å²) in [5, 5.41) is 6.44. The second kappa shape index (κ2) is 10.2. The van der Waals surface area contributed by atoms with Gasteiger partial charge in [0, 0.05) is 23.7 Å². The van der Waals surface area contributed by atoms with Crippen LogP contribution in [-0.2, 0) is 0 Å². The van der Waals surface area contributed by atoms with Crippen LogP contribution in [0.1, 0.15) is 31.4 Å². The van der Waals surface area contributed by atoms with Crippen molar-refractivity contribution >= 4 is 55.9 Å². The molecule has 0 bridgehead atoms. The van der Waals surface area contributed by atoms with Gasteiger partial charge in [0.15, 0.2) is 5.13 Å². The van der Waals surface area contributed by atoms with E-state index >= 15 is 0 Å². The number of likely N-dealkylation sites (tertiary alicyclic amines) is 1. The Morgan fingerprint density at radius 3 is 2.84 bits per heavy atom. The summed E-state index contributed by atoms with van der Waals surface area (Å²) < 4.78 is 20.6. The van der Waals surface area contributed by atoms with Crippen LogP contribution in [0, 0.1) is 5.82 Å². The first kappa shape index (κ1) is 23.0. The van der Waals surface area contributed by atoms with Crippen LogP contribution in [0.15, 0.2) is 30.3 Å². The first-order valence-corrected chi connectivity index (χ1v) is 12.0. The summed E-state index contributed by atoms with van der Waals surface area (Å²) in [6, 6.07) is 7.79. The molecule has 10 heteroatoms. The van der Waals surface area contributed by atoms with Crippen molar-refractivity contribution in [3.8, 4) is 5.75 Å². The maximum absolute atomic E-state index is 13.8. The van der Waals surface area contributed by atoms with Gasteiger partial charge < -0.3 is 15.0 Å². The number of ether oxygens (including phenoxy) is 1. The van der Waals surface area contributed by atoms with E-state index in [-0.39, 0.29) is 11.1 Å². The predicted octanol–water partition coefficient (Wildman–Crippen LogP) is 6.10. The molecule has 2 heterocycles. The lowest BCUT2D eigenvalue weighted by Crippen LogP contribution is -2.35. The first-order chi connectivity index (χ1) is 15.4. The van der Waals surface area contributed by atoms with Crippen LogP contribution in [0.25, 0.3) is 10.2 Å². The Morgan fingerprint density at radius 1 is 1.28 bits per heavy atom. The molecule has 0 radical (unpaired) electrons. The van der Waals surface area contributed by atoms with Gasteiger partial charge in [0.2, 0.25) is 0 Å². The van der Waals surface area contributed by atoms with Gasteiger partial charge in [0.05, 0.1) is 15.2 Å². The monoisotopic (exact) mass is 496 g/mol. The fourth-order valence-electron chi connectivity index (χ4n) is 3.69. The highest BCUT2D eigenvalue weighted by Gasteiger charge is 2.19. The molecule has 1 atom stereocenters. The molecule has 0 spiro atoms. The Labute approximate surface area is 199 Å². The van der Waals surface area contributed by atoms with Crippen LogP contribution >= 0.6 is 34.5 Å². The Kier molecular flexibility index (Phi) is 7.35. The molecule has 2 N–H and O–H groups in total. The number of fused-ring (bicyclic) bond motifs is 1.